The van der Waals surface area contributed by atoms with Crippen molar-refractivity contribution < 1.29 is 27.9 Å². The average Bonchev–Trinajstić information content (AvgIpc) is 3.70. The number of carbonyl (C=O) groups is 2. The highest BCUT2D eigenvalue weighted by Crippen LogP contribution is 2.57. The monoisotopic (exact) mass is 677 g/mol. The number of hydrogen-bond donors (Lipinski definition) is 3. The van der Waals surface area contributed by atoms with Gasteiger partial charge in [-0.1, -0.05) is 45.7 Å². The number of imidazole rings is 1. The second-order valence-electron chi connectivity index (χ2n) is 10.8. The Morgan fingerprint density at radius 3 is 2.42 bits per heavy atom. The summed E-state index contributed by atoms with van der Waals surface area (Å²) < 4.78 is 42.8. The quantitative estimate of drug-likeness (QED) is 0.166. The smallest absolute Gasteiger partial charge is 0.403 e. The van der Waals surface area contributed by atoms with Crippen molar-refractivity contribution in [2.45, 2.75) is 32.1 Å². The average molecular weight is 679 g/mol. The number of aromatic carboxylic acids is 1. The maximum atomic E-state index is 13.4. The van der Waals surface area contributed by atoms with E-state index in [9.17, 15) is 27.9 Å². The first-order valence-corrected chi connectivity index (χ1v) is 14.6. The van der Waals surface area contributed by atoms with Crippen molar-refractivity contribution >= 4 is 62.1 Å². The molecule has 4 aromatic rings. The fourth-order valence-electron chi connectivity index (χ4n) is 4.91. The minimum atomic E-state index is -4.59. The van der Waals surface area contributed by atoms with Gasteiger partial charge in [0.1, 0.15) is 5.41 Å². The van der Waals surface area contributed by atoms with Gasteiger partial charge in [-0.05, 0) is 74.5 Å². The van der Waals surface area contributed by atoms with E-state index in [1.807, 2.05) is 47.8 Å². The van der Waals surface area contributed by atoms with Crippen LogP contribution in [0.15, 0.2) is 59.1 Å². The molecule has 3 aromatic carbocycles. The zero-order valence-electron chi connectivity index (χ0n) is 23.2. The number of amides is 1. The highest BCUT2D eigenvalue weighted by Gasteiger charge is 2.68. The van der Waals surface area contributed by atoms with E-state index in [0.717, 1.165) is 4.47 Å². The molecule has 1 aliphatic rings. The molecule has 1 saturated carbocycles. The third kappa shape index (κ3) is 6.22. The minimum absolute atomic E-state index is 0.0988. The number of carboxylic acids is 1. The van der Waals surface area contributed by atoms with Gasteiger partial charge in [0.2, 0.25) is 11.9 Å². The van der Waals surface area contributed by atoms with Gasteiger partial charge in [-0.3, -0.25) is 4.79 Å². The van der Waals surface area contributed by atoms with Crippen LogP contribution >= 0.6 is 27.5 Å². The van der Waals surface area contributed by atoms with Gasteiger partial charge in [-0.15, -0.1) is 0 Å². The van der Waals surface area contributed by atoms with Gasteiger partial charge in [0.25, 0.3) is 0 Å². The molecule has 0 aliphatic heterocycles. The summed E-state index contributed by atoms with van der Waals surface area (Å²) in [6, 6.07) is 15.4. The molecule has 0 radical (unpaired) electrons. The second kappa shape index (κ2) is 11.8. The molecule has 226 valence electrons. The lowest BCUT2D eigenvalue weighted by Gasteiger charge is -2.19. The van der Waals surface area contributed by atoms with Crippen LogP contribution < -0.4 is 10.6 Å². The minimum Gasteiger partial charge on any atom is -0.478 e. The molecule has 0 bridgehead atoms. The normalized spacial score (nSPS) is 14.2. The number of nitrogens with zero attached hydrogens (tertiary/aromatic N) is 3. The molecule has 8 nitrogen and oxygen atoms in total. The number of rotatable bonds is 10. The summed E-state index contributed by atoms with van der Waals surface area (Å²) in [6.45, 7) is 1.04. The third-order valence-electron chi connectivity index (χ3n) is 7.51. The maximum Gasteiger partial charge on any atom is 0.403 e. The van der Waals surface area contributed by atoms with Gasteiger partial charge in [-0.25, -0.2) is 9.78 Å². The molecule has 5 rings (SSSR count). The van der Waals surface area contributed by atoms with Gasteiger partial charge in [0.15, 0.2) is 0 Å². The number of anilines is 2. The largest absolute Gasteiger partial charge is 0.478 e. The first-order valence-electron chi connectivity index (χ1n) is 13.4. The van der Waals surface area contributed by atoms with Crippen LogP contribution in [0, 0.1) is 5.41 Å². The summed E-state index contributed by atoms with van der Waals surface area (Å²) in [5, 5.41) is 16.0. The number of aromatic nitrogens is 2. The number of nitrogens with one attached hydrogen (secondary N) is 2. The van der Waals surface area contributed by atoms with Crippen molar-refractivity contribution in [1.29, 1.82) is 0 Å². The molecule has 1 aromatic heterocycles. The van der Waals surface area contributed by atoms with Crippen LogP contribution in [-0.4, -0.2) is 58.3 Å². The van der Waals surface area contributed by atoms with E-state index in [2.05, 4.69) is 26.6 Å². The van der Waals surface area contributed by atoms with E-state index in [4.69, 9.17) is 16.6 Å². The Morgan fingerprint density at radius 1 is 1.12 bits per heavy atom. The van der Waals surface area contributed by atoms with E-state index in [0.29, 0.717) is 57.5 Å². The molecule has 1 aliphatic carbocycles. The summed E-state index contributed by atoms with van der Waals surface area (Å²) in [7, 11) is 3.86. The number of halogens is 5. The standard InChI is InChI=1S/C30H28BrClF3N5O3/c1-39(2)13-14-40-23-10-8-20(26(41)42)24(18-4-6-19(31)7-5-18)25(23)38-28(40)37-22-15-17(3-9-21(22)32)16-36-27(43)29(11-12-29)30(33,34)35/h3-10,15H,11-14,16H2,1-2H3,(H,36,43)(H,37,38)(H,41,42). The Bertz CT molecular complexity index is 1700. The Kier molecular flexibility index (Phi) is 8.47. The van der Waals surface area contributed by atoms with E-state index < -0.39 is 23.5 Å². The van der Waals surface area contributed by atoms with Crippen molar-refractivity contribution in [3.05, 3.63) is 75.2 Å². The summed E-state index contributed by atoms with van der Waals surface area (Å²) in [4.78, 5) is 31.5. The fraction of sp³-hybridized carbons (Fsp3) is 0.300. The molecule has 13 heteroatoms. The zero-order chi connectivity index (χ0) is 31.1. The van der Waals surface area contributed by atoms with Crippen molar-refractivity contribution in [3.63, 3.8) is 0 Å². The first kappa shape index (κ1) is 30.8. The summed E-state index contributed by atoms with van der Waals surface area (Å²) in [5.41, 5.74) is 1.08. The molecule has 0 spiro atoms. The first-order chi connectivity index (χ1) is 20.3. The summed E-state index contributed by atoms with van der Waals surface area (Å²) in [6.07, 6.45) is -5.03. The number of carboxylic acid groups (broad SMARTS) is 1. The lowest BCUT2D eigenvalue weighted by atomic mass is 9.98. The van der Waals surface area contributed by atoms with Gasteiger partial charge < -0.3 is 25.2 Å². The van der Waals surface area contributed by atoms with E-state index in [-0.39, 0.29) is 24.9 Å². The van der Waals surface area contributed by atoms with Crippen molar-refractivity contribution in [2.24, 2.45) is 5.41 Å². The summed E-state index contributed by atoms with van der Waals surface area (Å²) in [5.74, 6) is -1.73. The van der Waals surface area contributed by atoms with Gasteiger partial charge in [0.05, 0.1) is 27.3 Å². The van der Waals surface area contributed by atoms with Gasteiger partial charge >= 0.3 is 12.1 Å². The van der Waals surface area contributed by atoms with Crippen LogP contribution in [0.4, 0.5) is 24.8 Å². The van der Waals surface area contributed by atoms with Crippen LogP contribution in [0.1, 0.15) is 28.8 Å². The Morgan fingerprint density at radius 2 is 1.81 bits per heavy atom. The molecule has 0 unspecified atom stereocenters. The molecular formula is C30H28BrClF3N5O3. The molecule has 1 fully saturated rings. The second-order valence-corrected chi connectivity index (χ2v) is 12.1. The molecule has 1 amide bonds. The number of hydrogen-bond acceptors (Lipinski definition) is 5. The Hall–Kier alpha value is -3.61. The molecular weight excluding hydrogens is 651 g/mol. The topological polar surface area (TPSA) is 99.5 Å². The number of fused-ring (bicyclic) bond motifs is 1. The Labute approximate surface area is 259 Å². The summed E-state index contributed by atoms with van der Waals surface area (Å²) >= 11 is 9.93. The lowest BCUT2D eigenvalue weighted by molar-refractivity contribution is -0.192. The van der Waals surface area contributed by atoms with E-state index in [1.54, 1.807) is 30.3 Å². The number of carbonyl (C=O) groups excluding carboxylic acids is 1. The predicted molar refractivity (Wildman–Crippen MR) is 163 cm³/mol. The van der Waals surface area contributed by atoms with Gasteiger partial charge in [0, 0.05) is 29.7 Å². The van der Waals surface area contributed by atoms with Crippen LogP contribution in [-0.2, 0) is 17.9 Å². The van der Waals surface area contributed by atoms with E-state index in [1.165, 1.54) is 0 Å². The van der Waals surface area contributed by atoms with Gasteiger partial charge in [-0.2, -0.15) is 13.2 Å². The SMILES string of the molecule is CN(C)CCn1c(Nc2cc(CNC(=O)C3(C(F)(F)F)CC3)ccc2Cl)nc2c(-c3ccc(Br)cc3)c(C(=O)O)ccc21. The van der Waals surface area contributed by atoms with E-state index >= 15 is 0 Å². The number of alkyl halides is 3. The predicted octanol–water partition coefficient (Wildman–Crippen LogP) is 7.08. The number of benzene rings is 3. The third-order valence-corrected chi connectivity index (χ3v) is 8.37. The fourth-order valence-corrected chi connectivity index (χ4v) is 5.34. The highest BCUT2D eigenvalue weighted by molar-refractivity contribution is 9.10. The highest BCUT2D eigenvalue weighted by atomic mass is 79.9. The molecule has 0 saturated heterocycles. The Balaban J connectivity index is 1.52. The molecule has 3 N–H and O–H groups in total. The molecule has 0 atom stereocenters. The van der Waals surface area contributed by atoms with Crippen molar-refractivity contribution in [3.8, 4) is 11.1 Å². The zero-order valence-corrected chi connectivity index (χ0v) is 25.6. The number of likely N-dealkylation sites (N-methyl/N-ethyl adjacent to an activating group) is 1. The van der Waals surface area contributed by atoms with Crippen molar-refractivity contribution in [1.82, 2.24) is 19.8 Å². The maximum absolute atomic E-state index is 13.4. The lowest BCUT2D eigenvalue weighted by Crippen LogP contribution is -2.40. The van der Waals surface area contributed by atoms with Crippen LogP contribution in [0.2, 0.25) is 5.02 Å². The van der Waals surface area contributed by atoms with Crippen molar-refractivity contribution in [2.75, 3.05) is 26.0 Å². The van der Waals surface area contributed by atoms with Crippen LogP contribution in [0.25, 0.3) is 22.2 Å². The van der Waals surface area contributed by atoms with Crippen LogP contribution in [0.3, 0.4) is 0 Å². The molecule has 43 heavy (non-hydrogen) atoms. The molecule has 1 heterocycles. The van der Waals surface area contributed by atoms with Crippen LogP contribution in [0.5, 0.6) is 0 Å².